The lowest BCUT2D eigenvalue weighted by Crippen LogP contribution is -2.41. The van der Waals surface area contributed by atoms with Gasteiger partial charge < -0.3 is 9.84 Å². The van der Waals surface area contributed by atoms with Crippen LogP contribution in [0.5, 0.6) is 0 Å². The molecule has 1 amide bonds. The number of likely N-dealkylation sites (tertiary alicyclic amines) is 1. The largest absolute Gasteiger partial charge is 0.349 e. The van der Waals surface area contributed by atoms with Crippen molar-refractivity contribution < 1.29 is 9.32 Å². The summed E-state index contributed by atoms with van der Waals surface area (Å²) in [6.45, 7) is 6.48. The number of aromatic nitrogens is 2. The van der Waals surface area contributed by atoms with Crippen LogP contribution in [0.1, 0.15) is 49.2 Å². The molecular formula is C25H29BrN4O2. The van der Waals surface area contributed by atoms with Crippen LogP contribution < -0.4 is 5.32 Å². The van der Waals surface area contributed by atoms with Crippen LogP contribution in [0.3, 0.4) is 0 Å². The number of nitrogens with one attached hydrogen (secondary N) is 1. The fourth-order valence-corrected chi connectivity index (χ4v) is 4.35. The molecule has 0 aliphatic carbocycles. The molecule has 2 heterocycles. The van der Waals surface area contributed by atoms with E-state index in [0.717, 1.165) is 42.4 Å². The van der Waals surface area contributed by atoms with Gasteiger partial charge in [0, 0.05) is 16.0 Å². The zero-order valence-corrected chi connectivity index (χ0v) is 20.1. The summed E-state index contributed by atoms with van der Waals surface area (Å²) >= 11 is 3.44. The van der Waals surface area contributed by atoms with Gasteiger partial charge in [0.1, 0.15) is 0 Å². The fraction of sp³-hybridized carbons (Fsp3) is 0.400. The first-order chi connectivity index (χ1) is 15.5. The van der Waals surface area contributed by atoms with Crippen LogP contribution >= 0.6 is 15.9 Å². The van der Waals surface area contributed by atoms with Crippen molar-refractivity contribution in [3.05, 3.63) is 70.0 Å². The van der Waals surface area contributed by atoms with Gasteiger partial charge in [-0.3, -0.25) is 9.69 Å². The Morgan fingerprint density at radius 2 is 1.84 bits per heavy atom. The molecule has 4 rings (SSSR count). The van der Waals surface area contributed by atoms with Gasteiger partial charge in [-0.1, -0.05) is 57.8 Å². The molecule has 0 saturated carbocycles. The van der Waals surface area contributed by atoms with Crippen molar-refractivity contribution in [3.63, 3.8) is 0 Å². The number of carbonyl (C=O) groups excluding carboxylic acids is 1. The van der Waals surface area contributed by atoms with E-state index in [4.69, 9.17) is 4.52 Å². The Bertz CT molecular complexity index is 1020. The van der Waals surface area contributed by atoms with Gasteiger partial charge in [-0.2, -0.15) is 4.98 Å². The van der Waals surface area contributed by atoms with Crippen molar-refractivity contribution >= 4 is 21.8 Å². The quantitative estimate of drug-likeness (QED) is 0.481. The molecule has 0 spiro atoms. The van der Waals surface area contributed by atoms with Crippen molar-refractivity contribution in [2.24, 2.45) is 5.92 Å². The maximum atomic E-state index is 12.9. The van der Waals surface area contributed by atoms with E-state index in [0.29, 0.717) is 18.3 Å². The highest BCUT2D eigenvalue weighted by molar-refractivity contribution is 9.10. The van der Waals surface area contributed by atoms with E-state index in [2.05, 4.69) is 74.4 Å². The highest BCUT2D eigenvalue weighted by Gasteiger charge is 2.27. The zero-order chi connectivity index (χ0) is 22.5. The molecule has 1 unspecified atom stereocenters. The topological polar surface area (TPSA) is 71.3 Å². The number of aryl methyl sites for hydroxylation is 1. The third kappa shape index (κ3) is 5.64. The van der Waals surface area contributed by atoms with Crippen molar-refractivity contribution in [1.29, 1.82) is 0 Å². The second kappa shape index (κ2) is 10.4. The number of piperidine rings is 1. The molecule has 3 aromatic rings. The molecule has 0 radical (unpaired) electrons. The summed E-state index contributed by atoms with van der Waals surface area (Å²) in [5, 5.41) is 7.37. The van der Waals surface area contributed by atoms with Gasteiger partial charge in [0.15, 0.2) is 0 Å². The number of nitrogens with zero attached hydrogens (tertiary/aromatic N) is 3. The van der Waals surface area contributed by atoms with E-state index in [-0.39, 0.29) is 17.9 Å². The highest BCUT2D eigenvalue weighted by atomic mass is 79.9. The standard InChI is InChI=1S/C25H29BrN4O2/c1-3-22(18-6-4-17(2)5-7-18)27-25(31)20-12-14-30(15-13-20)16-23-28-24(29-32-23)19-8-10-21(26)11-9-19/h4-11,20,22H,3,12-16H2,1-2H3,(H,27,31). The van der Waals surface area contributed by atoms with Crippen LogP contribution in [-0.2, 0) is 11.3 Å². The minimum atomic E-state index is 0.0479. The van der Waals surface area contributed by atoms with E-state index in [1.54, 1.807) is 0 Å². The van der Waals surface area contributed by atoms with Gasteiger partial charge in [-0.05, 0) is 69.1 Å². The van der Waals surface area contributed by atoms with Gasteiger partial charge in [0.2, 0.25) is 17.6 Å². The fourth-order valence-electron chi connectivity index (χ4n) is 4.09. The number of carbonyl (C=O) groups is 1. The molecule has 32 heavy (non-hydrogen) atoms. The first kappa shape index (κ1) is 22.7. The number of hydrogen-bond donors (Lipinski definition) is 1. The van der Waals surface area contributed by atoms with Gasteiger partial charge in [0.25, 0.3) is 0 Å². The second-order valence-corrected chi connectivity index (χ2v) is 9.36. The Balaban J connectivity index is 1.28. The lowest BCUT2D eigenvalue weighted by Gasteiger charge is -2.31. The van der Waals surface area contributed by atoms with Gasteiger partial charge >= 0.3 is 0 Å². The molecule has 168 valence electrons. The lowest BCUT2D eigenvalue weighted by molar-refractivity contribution is -0.127. The van der Waals surface area contributed by atoms with E-state index < -0.39 is 0 Å². The minimum absolute atomic E-state index is 0.0479. The first-order valence-electron chi connectivity index (χ1n) is 11.2. The van der Waals surface area contributed by atoms with Crippen LogP contribution in [0.4, 0.5) is 0 Å². The smallest absolute Gasteiger partial charge is 0.241 e. The molecule has 1 aromatic heterocycles. The molecule has 1 fully saturated rings. The maximum absolute atomic E-state index is 12.9. The number of benzene rings is 2. The Morgan fingerprint density at radius 3 is 2.50 bits per heavy atom. The predicted octanol–water partition coefficient (Wildman–Crippen LogP) is 5.29. The lowest BCUT2D eigenvalue weighted by atomic mass is 9.94. The zero-order valence-electron chi connectivity index (χ0n) is 18.6. The summed E-state index contributed by atoms with van der Waals surface area (Å²) in [6.07, 6.45) is 2.55. The van der Waals surface area contributed by atoms with Crippen LogP contribution in [0.15, 0.2) is 57.5 Å². The third-order valence-corrected chi connectivity index (χ3v) is 6.62. The summed E-state index contributed by atoms with van der Waals surface area (Å²) in [5.74, 6) is 1.42. The predicted molar refractivity (Wildman–Crippen MR) is 128 cm³/mol. The van der Waals surface area contributed by atoms with Gasteiger partial charge in [-0.15, -0.1) is 0 Å². The Labute approximate surface area is 197 Å². The summed E-state index contributed by atoms with van der Waals surface area (Å²) < 4.78 is 6.47. The normalized spacial score (nSPS) is 16.1. The van der Waals surface area contributed by atoms with Crippen LogP contribution in [0.2, 0.25) is 0 Å². The summed E-state index contributed by atoms with van der Waals surface area (Å²) in [4.78, 5) is 19.7. The Kier molecular flexibility index (Phi) is 7.37. The number of rotatable bonds is 7. The van der Waals surface area contributed by atoms with Crippen molar-refractivity contribution in [2.45, 2.75) is 45.7 Å². The first-order valence-corrected chi connectivity index (χ1v) is 12.0. The number of amides is 1. The summed E-state index contributed by atoms with van der Waals surface area (Å²) in [7, 11) is 0. The molecule has 1 saturated heterocycles. The minimum Gasteiger partial charge on any atom is -0.349 e. The molecule has 2 aromatic carbocycles. The van der Waals surface area contributed by atoms with Gasteiger partial charge in [-0.25, -0.2) is 0 Å². The van der Waals surface area contributed by atoms with E-state index in [9.17, 15) is 4.79 Å². The van der Waals surface area contributed by atoms with Crippen molar-refractivity contribution in [2.75, 3.05) is 13.1 Å². The average Bonchev–Trinajstić information content (AvgIpc) is 3.27. The van der Waals surface area contributed by atoms with Gasteiger partial charge in [0.05, 0.1) is 12.6 Å². The molecule has 1 aliphatic heterocycles. The van der Waals surface area contributed by atoms with Crippen LogP contribution in [-0.4, -0.2) is 34.0 Å². The molecule has 0 bridgehead atoms. The Morgan fingerprint density at radius 1 is 1.16 bits per heavy atom. The molecule has 7 heteroatoms. The number of hydrogen-bond acceptors (Lipinski definition) is 5. The molecule has 1 N–H and O–H groups in total. The monoisotopic (exact) mass is 496 g/mol. The van der Waals surface area contributed by atoms with E-state index >= 15 is 0 Å². The molecular weight excluding hydrogens is 468 g/mol. The van der Waals surface area contributed by atoms with Crippen LogP contribution in [0.25, 0.3) is 11.4 Å². The van der Waals surface area contributed by atoms with E-state index in [1.165, 1.54) is 11.1 Å². The summed E-state index contributed by atoms with van der Waals surface area (Å²) in [6, 6.07) is 16.3. The van der Waals surface area contributed by atoms with Crippen LogP contribution in [0, 0.1) is 12.8 Å². The SMILES string of the molecule is CCC(NC(=O)C1CCN(Cc2nc(-c3ccc(Br)cc3)no2)CC1)c1ccc(C)cc1. The molecule has 6 nitrogen and oxygen atoms in total. The highest BCUT2D eigenvalue weighted by Crippen LogP contribution is 2.24. The Hall–Kier alpha value is -2.51. The van der Waals surface area contributed by atoms with Crippen molar-refractivity contribution in [1.82, 2.24) is 20.4 Å². The van der Waals surface area contributed by atoms with Crippen molar-refractivity contribution in [3.8, 4) is 11.4 Å². The number of halogens is 1. The molecule has 1 aliphatic rings. The third-order valence-electron chi connectivity index (χ3n) is 6.09. The molecule has 1 atom stereocenters. The second-order valence-electron chi connectivity index (χ2n) is 8.45. The summed E-state index contributed by atoms with van der Waals surface area (Å²) in [5.41, 5.74) is 3.33. The van der Waals surface area contributed by atoms with E-state index in [1.807, 2.05) is 24.3 Å². The maximum Gasteiger partial charge on any atom is 0.241 e. The average molecular weight is 497 g/mol.